The SMILES string of the molecule is CC(=O)Nc1cc([As](=O)(O)O)ccc1O.Cc1ccno1. The largest absolute Gasteiger partial charge is 0.362 e. The number of aromatic hydroxyl groups is 1. The molecule has 0 aliphatic heterocycles. The Morgan fingerprint density at radius 1 is 1.33 bits per heavy atom. The van der Waals surface area contributed by atoms with Crippen LogP contribution >= 0.6 is 0 Å². The monoisotopic (exact) mass is 358 g/mol. The molecule has 21 heavy (non-hydrogen) atoms. The van der Waals surface area contributed by atoms with Crippen LogP contribution in [0.4, 0.5) is 5.69 Å². The summed E-state index contributed by atoms with van der Waals surface area (Å²) in [5.41, 5.74) is -0.00951. The van der Waals surface area contributed by atoms with E-state index in [1.807, 2.05) is 6.92 Å². The average molecular weight is 358 g/mol. The number of hydrogen-bond donors (Lipinski definition) is 4. The molecule has 1 aromatic heterocycles. The number of phenolic OH excluding ortho intramolecular Hbond substituents is 1. The zero-order chi connectivity index (χ0) is 16.0. The van der Waals surface area contributed by atoms with Gasteiger partial charge in [-0.05, 0) is 6.92 Å². The minimum atomic E-state index is -4.98. The third kappa shape index (κ3) is 5.86. The molecule has 0 atom stereocenters. The molecular weight excluding hydrogens is 343 g/mol. The molecule has 0 aliphatic carbocycles. The second kappa shape index (κ2) is 7.12. The van der Waals surface area contributed by atoms with Gasteiger partial charge >= 0.3 is 88.1 Å². The van der Waals surface area contributed by atoms with Crippen LogP contribution in [0.15, 0.2) is 35.0 Å². The van der Waals surface area contributed by atoms with Crippen molar-refractivity contribution in [2.45, 2.75) is 13.8 Å². The van der Waals surface area contributed by atoms with Gasteiger partial charge in [-0.1, -0.05) is 5.16 Å². The first-order valence-electron chi connectivity index (χ1n) is 5.74. The van der Waals surface area contributed by atoms with Gasteiger partial charge in [0.1, 0.15) is 5.76 Å². The molecule has 0 spiro atoms. The van der Waals surface area contributed by atoms with E-state index in [0.717, 1.165) is 24.0 Å². The topological polar surface area (TPSA) is 133 Å². The van der Waals surface area contributed by atoms with Crippen molar-refractivity contribution < 1.29 is 26.4 Å². The van der Waals surface area contributed by atoms with Gasteiger partial charge in [-0.25, -0.2) is 0 Å². The predicted molar refractivity (Wildman–Crippen MR) is 74.2 cm³/mol. The summed E-state index contributed by atoms with van der Waals surface area (Å²) < 4.78 is 33.2. The zero-order valence-electron chi connectivity index (χ0n) is 11.3. The molecule has 1 amide bonds. The van der Waals surface area contributed by atoms with Gasteiger partial charge in [-0.2, -0.15) is 0 Å². The van der Waals surface area contributed by atoms with E-state index in [4.69, 9.17) is 8.19 Å². The minimum Gasteiger partial charge on any atom is -0.362 e. The van der Waals surface area contributed by atoms with Crippen LogP contribution in [0.2, 0.25) is 0 Å². The van der Waals surface area contributed by atoms with Crippen LogP contribution in [0.5, 0.6) is 5.75 Å². The Labute approximate surface area is 123 Å². The summed E-state index contributed by atoms with van der Waals surface area (Å²) in [6.07, 6.45) is 1.62. The van der Waals surface area contributed by atoms with Gasteiger partial charge in [0.15, 0.2) is 0 Å². The average Bonchev–Trinajstić information content (AvgIpc) is 2.82. The fourth-order valence-corrected chi connectivity index (χ4v) is 2.46. The molecule has 0 bridgehead atoms. The van der Waals surface area contributed by atoms with E-state index in [2.05, 4.69) is 15.0 Å². The second-order valence-corrected chi connectivity index (χ2v) is 7.42. The molecule has 0 aliphatic rings. The first-order valence-corrected chi connectivity index (χ1v) is 9.12. The Kier molecular flexibility index (Phi) is 5.77. The van der Waals surface area contributed by atoms with Crippen molar-refractivity contribution in [3.63, 3.8) is 0 Å². The van der Waals surface area contributed by atoms with Crippen LogP contribution < -0.4 is 9.67 Å². The van der Waals surface area contributed by atoms with Crippen molar-refractivity contribution in [3.8, 4) is 5.75 Å². The summed E-state index contributed by atoms with van der Waals surface area (Å²) in [4.78, 5) is 10.7. The van der Waals surface area contributed by atoms with E-state index in [1.54, 1.807) is 12.3 Å². The Morgan fingerprint density at radius 3 is 2.38 bits per heavy atom. The van der Waals surface area contributed by atoms with Crippen LogP contribution in [-0.2, 0) is 8.53 Å². The predicted octanol–water partition coefficient (Wildman–Crippen LogP) is -0.105. The minimum absolute atomic E-state index is 0.00951. The quantitative estimate of drug-likeness (QED) is 0.435. The summed E-state index contributed by atoms with van der Waals surface area (Å²) in [5, 5.41) is 15.0. The molecule has 2 aromatic rings. The van der Waals surface area contributed by atoms with Crippen LogP contribution in [0.3, 0.4) is 0 Å². The van der Waals surface area contributed by atoms with Crippen LogP contribution in [0.1, 0.15) is 12.7 Å². The number of aromatic nitrogens is 1. The van der Waals surface area contributed by atoms with E-state index >= 15 is 0 Å². The molecular formula is C12H15AsN2O6. The number of aryl methyl sites for hydroxylation is 1. The number of benzene rings is 1. The molecule has 0 unspecified atom stereocenters. The number of hydrogen-bond acceptors (Lipinski definition) is 5. The number of phenols is 1. The Hall–Kier alpha value is -2.02. The van der Waals surface area contributed by atoms with E-state index in [1.165, 1.54) is 6.92 Å². The fourth-order valence-electron chi connectivity index (χ4n) is 1.27. The number of nitrogens with zero attached hydrogens (tertiary/aromatic N) is 1. The van der Waals surface area contributed by atoms with Gasteiger partial charge in [-0.15, -0.1) is 0 Å². The molecule has 0 fully saturated rings. The standard InChI is InChI=1S/C8H10AsNO5.C4H5NO/c1-5(11)10-7-4-6(9(13,14)15)2-3-8(7)12;1-4-2-3-5-6-4/h2-4,12H,1H3,(H,10,11)(H2,13,14,15);2-3H,1H3. The first-order chi connectivity index (χ1) is 9.70. The number of anilines is 1. The van der Waals surface area contributed by atoms with Crippen molar-refractivity contribution in [2.75, 3.05) is 5.32 Å². The van der Waals surface area contributed by atoms with Crippen molar-refractivity contribution in [1.29, 1.82) is 0 Å². The smallest absolute Gasteiger partial charge is 0.133 e. The van der Waals surface area contributed by atoms with Crippen molar-refractivity contribution in [2.24, 2.45) is 0 Å². The number of rotatable bonds is 2. The molecule has 8 nitrogen and oxygen atoms in total. The summed E-state index contributed by atoms with van der Waals surface area (Å²) in [5.74, 6) is 0.188. The molecule has 1 heterocycles. The maximum atomic E-state index is 10.9. The van der Waals surface area contributed by atoms with Crippen LogP contribution in [0.25, 0.3) is 0 Å². The van der Waals surface area contributed by atoms with E-state index in [-0.39, 0.29) is 15.8 Å². The van der Waals surface area contributed by atoms with Gasteiger partial charge in [0.25, 0.3) is 0 Å². The molecule has 4 N–H and O–H groups in total. The third-order valence-electron chi connectivity index (χ3n) is 2.19. The van der Waals surface area contributed by atoms with E-state index in [9.17, 15) is 13.6 Å². The summed E-state index contributed by atoms with van der Waals surface area (Å²) in [6, 6.07) is 5.12. The normalized spacial score (nSPS) is 10.5. The number of amides is 1. The number of nitrogens with one attached hydrogen (secondary N) is 1. The Balaban J connectivity index is 0.000000304. The maximum absolute atomic E-state index is 10.9. The molecule has 114 valence electrons. The maximum Gasteiger partial charge on any atom is 0.133 e. The van der Waals surface area contributed by atoms with Gasteiger partial charge in [0.2, 0.25) is 0 Å². The number of carbonyl (C=O) groups is 1. The van der Waals surface area contributed by atoms with E-state index in [0.29, 0.717) is 0 Å². The molecule has 2 rings (SSSR count). The summed E-state index contributed by atoms with van der Waals surface area (Å²) >= 11 is -4.98. The Bertz CT molecular complexity index is 650. The number of carbonyl (C=O) groups excluding carboxylic acids is 1. The summed E-state index contributed by atoms with van der Waals surface area (Å²) in [7, 11) is 0. The van der Waals surface area contributed by atoms with Crippen molar-refractivity contribution in [3.05, 3.63) is 36.2 Å². The fraction of sp³-hybridized carbons (Fsp3) is 0.167. The van der Waals surface area contributed by atoms with Gasteiger partial charge in [-0.3, -0.25) is 0 Å². The third-order valence-corrected chi connectivity index (χ3v) is 4.19. The molecule has 0 saturated heterocycles. The van der Waals surface area contributed by atoms with Crippen LogP contribution in [0, 0.1) is 6.92 Å². The van der Waals surface area contributed by atoms with Gasteiger partial charge < -0.3 is 4.52 Å². The van der Waals surface area contributed by atoms with Gasteiger partial charge in [0, 0.05) is 6.07 Å². The molecule has 9 heteroatoms. The molecule has 1 aromatic carbocycles. The first kappa shape index (κ1) is 17.0. The summed E-state index contributed by atoms with van der Waals surface area (Å²) in [6.45, 7) is 3.08. The molecule has 0 radical (unpaired) electrons. The van der Waals surface area contributed by atoms with Crippen LogP contribution in [-0.4, -0.2) is 38.5 Å². The van der Waals surface area contributed by atoms with Gasteiger partial charge in [0.05, 0.1) is 6.20 Å². The van der Waals surface area contributed by atoms with Crippen molar-refractivity contribution >= 4 is 30.1 Å². The Morgan fingerprint density at radius 2 is 2.00 bits per heavy atom. The zero-order valence-corrected chi connectivity index (χ0v) is 13.2. The van der Waals surface area contributed by atoms with E-state index < -0.39 is 20.1 Å². The molecule has 0 saturated carbocycles. The second-order valence-electron chi connectivity index (χ2n) is 4.05. The van der Waals surface area contributed by atoms with Crippen molar-refractivity contribution in [1.82, 2.24) is 5.16 Å².